The molecule has 0 aliphatic rings. The zero-order chi connectivity index (χ0) is 14.9. The lowest BCUT2D eigenvalue weighted by Crippen LogP contribution is -2.16. The lowest BCUT2D eigenvalue weighted by molar-refractivity contribution is -0.144. The van der Waals surface area contributed by atoms with E-state index < -0.39 is 24.3 Å². The minimum Gasteiger partial charge on any atom is -0.481 e. The Morgan fingerprint density at radius 1 is 1.30 bits per heavy atom. The van der Waals surface area contributed by atoms with Gasteiger partial charge < -0.3 is 5.11 Å². The van der Waals surface area contributed by atoms with Gasteiger partial charge in [0.05, 0.1) is 18.3 Å². The summed E-state index contributed by atoms with van der Waals surface area (Å²) in [6, 6.07) is 6.33. The van der Waals surface area contributed by atoms with Crippen LogP contribution in [0.4, 0.5) is 13.2 Å². The Morgan fingerprint density at radius 2 is 1.90 bits per heavy atom. The van der Waals surface area contributed by atoms with Gasteiger partial charge in [0.1, 0.15) is 0 Å². The highest BCUT2D eigenvalue weighted by Gasteiger charge is 2.38. The molecule has 1 heterocycles. The average molecular weight is 284 g/mol. The van der Waals surface area contributed by atoms with Crippen molar-refractivity contribution >= 4 is 5.97 Å². The van der Waals surface area contributed by atoms with E-state index in [4.69, 9.17) is 5.11 Å². The molecule has 1 aromatic carbocycles. The van der Waals surface area contributed by atoms with Gasteiger partial charge in [0.25, 0.3) is 0 Å². The van der Waals surface area contributed by atoms with Crippen molar-refractivity contribution in [1.29, 1.82) is 0 Å². The second-order valence-corrected chi connectivity index (χ2v) is 4.33. The molecule has 0 radical (unpaired) electrons. The van der Waals surface area contributed by atoms with Crippen molar-refractivity contribution in [3.8, 4) is 5.69 Å². The van der Waals surface area contributed by atoms with Crippen LogP contribution in [0.25, 0.3) is 5.69 Å². The highest BCUT2D eigenvalue weighted by Crippen LogP contribution is 2.33. The molecule has 0 fully saturated rings. The van der Waals surface area contributed by atoms with E-state index >= 15 is 0 Å². The van der Waals surface area contributed by atoms with Gasteiger partial charge in [0.15, 0.2) is 5.69 Å². The van der Waals surface area contributed by atoms with E-state index in [1.54, 1.807) is 12.1 Å². The Morgan fingerprint density at radius 3 is 2.40 bits per heavy atom. The van der Waals surface area contributed by atoms with E-state index in [0.717, 1.165) is 16.4 Å². The first-order valence-corrected chi connectivity index (χ1v) is 5.72. The summed E-state index contributed by atoms with van der Waals surface area (Å²) in [5.74, 6) is -1.33. The zero-order valence-corrected chi connectivity index (χ0v) is 10.5. The maximum absolute atomic E-state index is 13.1. The number of aliphatic carboxylic acids is 1. The smallest absolute Gasteiger partial charge is 0.433 e. The minimum atomic E-state index is -4.67. The van der Waals surface area contributed by atoms with Crippen LogP contribution >= 0.6 is 0 Å². The van der Waals surface area contributed by atoms with Gasteiger partial charge in [0, 0.05) is 5.56 Å². The second kappa shape index (κ2) is 4.99. The summed E-state index contributed by atoms with van der Waals surface area (Å²) in [7, 11) is 0. The van der Waals surface area contributed by atoms with Crippen LogP contribution < -0.4 is 0 Å². The molecule has 1 N–H and O–H groups in total. The molecule has 0 unspecified atom stereocenters. The number of hydrogen-bond donors (Lipinski definition) is 1. The number of carbonyl (C=O) groups is 1. The topological polar surface area (TPSA) is 55.1 Å². The molecule has 0 amide bonds. The summed E-state index contributed by atoms with van der Waals surface area (Å²) in [5.41, 5.74) is -0.269. The highest BCUT2D eigenvalue weighted by molar-refractivity contribution is 5.70. The summed E-state index contributed by atoms with van der Waals surface area (Å²) in [6.07, 6.45) is -4.45. The van der Waals surface area contributed by atoms with Gasteiger partial charge in [-0.3, -0.25) is 4.79 Å². The van der Waals surface area contributed by atoms with Crippen LogP contribution in [0.5, 0.6) is 0 Å². The van der Waals surface area contributed by atoms with Gasteiger partial charge in [-0.05, 0) is 19.1 Å². The third kappa shape index (κ3) is 2.81. The third-order valence-electron chi connectivity index (χ3n) is 2.73. The van der Waals surface area contributed by atoms with Gasteiger partial charge in [-0.1, -0.05) is 17.7 Å². The molecule has 0 aliphatic carbocycles. The SMILES string of the molecule is Cc1ccc(-n2ncc(CC(=O)O)c2C(F)(F)F)cc1. The Balaban J connectivity index is 2.56. The van der Waals surface area contributed by atoms with Crippen LogP contribution in [0.3, 0.4) is 0 Å². The number of benzene rings is 1. The van der Waals surface area contributed by atoms with Crippen LogP contribution in [0, 0.1) is 6.92 Å². The molecule has 7 heteroatoms. The maximum Gasteiger partial charge on any atom is 0.433 e. The van der Waals surface area contributed by atoms with E-state index in [1.165, 1.54) is 12.1 Å². The molecule has 4 nitrogen and oxygen atoms in total. The zero-order valence-electron chi connectivity index (χ0n) is 10.5. The molecule has 2 aromatic rings. The standard InChI is InChI=1S/C13H11F3N2O2/c1-8-2-4-10(5-3-8)18-12(13(14,15)16)9(7-17-18)6-11(19)20/h2-5,7H,6H2,1H3,(H,19,20). The molecule has 0 aliphatic heterocycles. The second-order valence-electron chi connectivity index (χ2n) is 4.33. The average Bonchev–Trinajstić information content (AvgIpc) is 2.72. The molecule has 2 rings (SSSR count). The summed E-state index contributed by atoms with van der Waals surface area (Å²) < 4.78 is 40.0. The maximum atomic E-state index is 13.1. The van der Waals surface area contributed by atoms with Gasteiger partial charge in [0.2, 0.25) is 0 Å². The number of carboxylic acids is 1. The number of carboxylic acid groups (broad SMARTS) is 1. The van der Waals surface area contributed by atoms with Crippen molar-refractivity contribution in [2.24, 2.45) is 0 Å². The van der Waals surface area contributed by atoms with Crippen molar-refractivity contribution in [2.45, 2.75) is 19.5 Å². The first-order valence-electron chi connectivity index (χ1n) is 5.72. The van der Waals surface area contributed by atoms with E-state index in [2.05, 4.69) is 5.10 Å². The van der Waals surface area contributed by atoms with Crippen molar-refractivity contribution in [3.63, 3.8) is 0 Å². The lowest BCUT2D eigenvalue weighted by Gasteiger charge is -2.12. The number of halogens is 3. The monoisotopic (exact) mass is 284 g/mol. The Bertz CT molecular complexity index is 630. The molecule has 106 valence electrons. The Kier molecular flexibility index (Phi) is 3.52. The van der Waals surface area contributed by atoms with Gasteiger partial charge in [-0.15, -0.1) is 0 Å². The fraction of sp³-hybridized carbons (Fsp3) is 0.231. The van der Waals surface area contributed by atoms with E-state index in [0.29, 0.717) is 0 Å². The predicted octanol–water partition coefficient (Wildman–Crippen LogP) is 2.83. The van der Waals surface area contributed by atoms with Crippen LogP contribution in [-0.4, -0.2) is 20.9 Å². The molecule has 0 bridgehead atoms. The number of hydrogen-bond acceptors (Lipinski definition) is 2. The Hall–Kier alpha value is -2.31. The number of aromatic nitrogens is 2. The van der Waals surface area contributed by atoms with Crippen LogP contribution in [-0.2, 0) is 17.4 Å². The number of aryl methyl sites for hydroxylation is 1. The molecule has 0 saturated heterocycles. The fourth-order valence-corrected chi connectivity index (χ4v) is 1.86. The first-order chi connectivity index (χ1) is 9.29. The van der Waals surface area contributed by atoms with Crippen LogP contribution in [0.2, 0.25) is 0 Å². The quantitative estimate of drug-likeness (QED) is 0.943. The van der Waals surface area contributed by atoms with Crippen molar-refractivity contribution in [3.05, 3.63) is 47.3 Å². The normalized spacial score (nSPS) is 11.6. The Labute approximate surface area is 112 Å². The van der Waals surface area contributed by atoms with E-state index in [1.807, 2.05) is 6.92 Å². The van der Waals surface area contributed by atoms with Crippen molar-refractivity contribution in [1.82, 2.24) is 9.78 Å². The fourth-order valence-electron chi connectivity index (χ4n) is 1.86. The van der Waals surface area contributed by atoms with Gasteiger partial charge in [-0.25, -0.2) is 4.68 Å². The molecule has 1 aromatic heterocycles. The molecule has 0 atom stereocenters. The summed E-state index contributed by atoms with van der Waals surface area (Å²) in [6.45, 7) is 1.81. The highest BCUT2D eigenvalue weighted by atomic mass is 19.4. The van der Waals surface area contributed by atoms with Gasteiger partial charge >= 0.3 is 12.1 Å². The molecular weight excluding hydrogens is 273 g/mol. The van der Waals surface area contributed by atoms with Gasteiger partial charge in [-0.2, -0.15) is 18.3 Å². The summed E-state index contributed by atoms with van der Waals surface area (Å²) in [5, 5.41) is 12.3. The number of nitrogens with zero attached hydrogens (tertiary/aromatic N) is 2. The van der Waals surface area contributed by atoms with Crippen LogP contribution in [0.15, 0.2) is 30.5 Å². The molecule has 0 saturated carbocycles. The predicted molar refractivity (Wildman–Crippen MR) is 64.6 cm³/mol. The largest absolute Gasteiger partial charge is 0.481 e. The van der Waals surface area contributed by atoms with E-state index in [9.17, 15) is 18.0 Å². The van der Waals surface area contributed by atoms with Crippen molar-refractivity contribution < 1.29 is 23.1 Å². The number of alkyl halides is 3. The molecule has 0 spiro atoms. The lowest BCUT2D eigenvalue weighted by atomic mass is 10.1. The first kappa shape index (κ1) is 14.1. The van der Waals surface area contributed by atoms with E-state index in [-0.39, 0.29) is 11.3 Å². The molecule has 20 heavy (non-hydrogen) atoms. The molecular formula is C13H11F3N2O2. The number of rotatable bonds is 3. The third-order valence-corrected chi connectivity index (χ3v) is 2.73. The summed E-state index contributed by atoms with van der Waals surface area (Å²) in [4.78, 5) is 10.6. The summed E-state index contributed by atoms with van der Waals surface area (Å²) >= 11 is 0. The van der Waals surface area contributed by atoms with Crippen molar-refractivity contribution in [2.75, 3.05) is 0 Å². The minimum absolute atomic E-state index is 0.236. The van der Waals surface area contributed by atoms with Crippen LogP contribution in [0.1, 0.15) is 16.8 Å².